The predicted molar refractivity (Wildman–Crippen MR) is 65.1 cm³/mol. The predicted octanol–water partition coefficient (Wildman–Crippen LogP) is 2.57. The minimum absolute atomic E-state index is 0.0752. The van der Waals surface area contributed by atoms with E-state index in [1.165, 1.54) is 0 Å². The van der Waals surface area contributed by atoms with Gasteiger partial charge in [0.05, 0.1) is 0 Å². The summed E-state index contributed by atoms with van der Waals surface area (Å²) in [6.45, 7) is 0. The van der Waals surface area contributed by atoms with Crippen molar-refractivity contribution >= 4 is 5.78 Å². The summed E-state index contributed by atoms with van der Waals surface area (Å²) in [5.41, 5.74) is 1.47. The van der Waals surface area contributed by atoms with Crippen LogP contribution in [-0.2, 0) is 0 Å². The Bertz CT molecular complexity index is 466. The molecule has 2 rings (SSSR count). The maximum Gasteiger partial charge on any atom is 0.291 e. The lowest BCUT2D eigenvalue weighted by Gasteiger charge is -1.99. The second-order valence-corrected chi connectivity index (χ2v) is 3.30. The Labute approximate surface area is 103 Å². The molecule has 5 nitrogen and oxygen atoms in total. The van der Waals surface area contributed by atoms with Crippen LogP contribution in [0.5, 0.6) is 0 Å². The molecule has 0 fully saturated rings. The van der Waals surface area contributed by atoms with Crippen LogP contribution in [0.2, 0.25) is 0 Å². The second kappa shape index (κ2) is 6.80. The molecule has 0 amide bonds. The third-order valence-corrected chi connectivity index (χ3v) is 2.07. The van der Waals surface area contributed by atoms with Crippen LogP contribution in [0.25, 0.3) is 0 Å². The molecule has 0 aliphatic carbocycles. The molecule has 0 unspecified atom stereocenters. The molecule has 0 saturated heterocycles. The molecular formula is C13H11NO4. The number of carbonyl (C=O) groups is 1. The van der Waals surface area contributed by atoms with Crippen molar-refractivity contribution in [2.45, 2.75) is 0 Å². The standard InChI is InChI=1S/C13H10O.HNO3/c14-13(11-7-3-1-4-8-11)12-9-5-2-6-10-12;2-1(3)4/h1-10H;(H,2,3,4). The van der Waals surface area contributed by atoms with Gasteiger partial charge in [0.15, 0.2) is 5.78 Å². The summed E-state index contributed by atoms with van der Waals surface area (Å²) < 4.78 is 0. The molecule has 0 radical (unpaired) electrons. The van der Waals surface area contributed by atoms with Gasteiger partial charge >= 0.3 is 0 Å². The highest BCUT2D eigenvalue weighted by Gasteiger charge is 2.06. The third kappa shape index (κ3) is 4.44. The number of carbonyl (C=O) groups excluding carboxylic acids is 1. The average Bonchev–Trinajstić information content (AvgIpc) is 2.39. The van der Waals surface area contributed by atoms with Crippen molar-refractivity contribution in [2.75, 3.05) is 0 Å². The highest BCUT2D eigenvalue weighted by Crippen LogP contribution is 2.08. The van der Waals surface area contributed by atoms with Crippen LogP contribution in [-0.4, -0.2) is 16.1 Å². The zero-order valence-corrected chi connectivity index (χ0v) is 9.39. The molecule has 18 heavy (non-hydrogen) atoms. The van der Waals surface area contributed by atoms with Crippen molar-refractivity contribution in [3.63, 3.8) is 0 Å². The smallest absolute Gasteiger partial charge is 0.291 e. The number of ketones is 1. The molecule has 2 aromatic carbocycles. The van der Waals surface area contributed by atoms with Crippen molar-refractivity contribution in [2.24, 2.45) is 0 Å². The average molecular weight is 245 g/mol. The van der Waals surface area contributed by atoms with Gasteiger partial charge in [0.25, 0.3) is 5.09 Å². The summed E-state index contributed by atoms with van der Waals surface area (Å²) in [6, 6.07) is 18.6. The quantitative estimate of drug-likeness (QED) is 0.501. The van der Waals surface area contributed by atoms with Gasteiger partial charge in [-0.2, -0.15) is 0 Å². The van der Waals surface area contributed by atoms with E-state index in [2.05, 4.69) is 0 Å². The van der Waals surface area contributed by atoms with E-state index < -0.39 is 5.09 Å². The van der Waals surface area contributed by atoms with Crippen LogP contribution < -0.4 is 0 Å². The molecule has 0 bridgehead atoms. The minimum atomic E-state index is -1.50. The van der Waals surface area contributed by atoms with Crippen LogP contribution in [0.3, 0.4) is 0 Å². The maximum atomic E-state index is 11.8. The van der Waals surface area contributed by atoms with Gasteiger partial charge in [0.2, 0.25) is 0 Å². The zero-order valence-electron chi connectivity index (χ0n) is 9.39. The van der Waals surface area contributed by atoms with E-state index in [1.54, 1.807) is 0 Å². The van der Waals surface area contributed by atoms with Gasteiger partial charge in [-0.3, -0.25) is 4.79 Å². The molecule has 0 aromatic heterocycles. The van der Waals surface area contributed by atoms with Gasteiger partial charge in [-0.15, -0.1) is 10.1 Å². The molecule has 1 N–H and O–H groups in total. The van der Waals surface area contributed by atoms with E-state index in [0.29, 0.717) is 0 Å². The van der Waals surface area contributed by atoms with E-state index in [-0.39, 0.29) is 5.78 Å². The van der Waals surface area contributed by atoms with E-state index in [1.807, 2.05) is 60.7 Å². The summed E-state index contributed by atoms with van der Waals surface area (Å²) >= 11 is 0. The largest absolute Gasteiger partial charge is 0.328 e. The third-order valence-electron chi connectivity index (χ3n) is 2.07. The Kier molecular flexibility index (Phi) is 5.05. The van der Waals surface area contributed by atoms with Crippen LogP contribution in [0, 0.1) is 10.1 Å². The second-order valence-electron chi connectivity index (χ2n) is 3.30. The van der Waals surface area contributed by atoms with Crippen molar-refractivity contribution in [1.82, 2.24) is 0 Å². The number of benzene rings is 2. The summed E-state index contributed by atoms with van der Waals surface area (Å²) in [5, 5.41) is 13.6. The summed E-state index contributed by atoms with van der Waals surface area (Å²) in [5.74, 6) is 0.0752. The number of rotatable bonds is 2. The molecule has 92 valence electrons. The summed E-state index contributed by atoms with van der Waals surface area (Å²) in [7, 11) is 0. The SMILES string of the molecule is O=C(c1ccccc1)c1ccccc1.O=[N+]([O-])O. The fourth-order valence-electron chi connectivity index (χ4n) is 1.35. The van der Waals surface area contributed by atoms with E-state index in [4.69, 9.17) is 15.3 Å². The lowest BCUT2D eigenvalue weighted by Crippen LogP contribution is -1.99. The van der Waals surface area contributed by atoms with Crippen molar-refractivity contribution in [3.8, 4) is 0 Å². The molecule has 0 aliphatic rings. The van der Waals surface area contributed by atoms with Gasteiger partial charge < -0.3 is 5.21 Å². The first kappa shape index (κ1) is 13.4. The fraction of sp³-hybridized carbons (Fsp3) is 0. The van der Waals surface area contributed by atoms with Gasteiger partial charge in [-0.1, -0.05) is 60.7 Å². The van der Waals surface area contributed by atoms with E-state index in [0.717, 1.165) is 11.1 Å². The Morgan fingerprint density at radius 2 is 1.17 bits per heavy atom. The maximum absolute atomic E-state index is 11.8. The first-order chi connectivity index (χ1) is 8.61. The van der Waals surface area contributed by atoms with Crippen LogP contribution >= 0.6 is 0 Å². The monoisotopic (exact) mass is 245 g/mol. The Morgan fingerprint density at radius 1 is 0.889 bits per heavy atom. The summed E-state index contributed by atoms with van der Waals surface area (Å²) in [4.78, 5) is 20.2. The Hall–Kier alpha value is -2.69. The molecule has 0 aliphatic heterocycles. The lowest BCUT2D eigenvalue weighted by atomic mass is 10.0. The Balaban J connectivity index is 0.000000357. The van der Waals surface area contributed by atoms with E-state index in [9.17, 15) is 4.79 Å². The molecule has 0 heterocycles. The molecule has 0 spiro atoms. The normalized spacial score (nSPS) is 8.89. The molecular weight excluding hydrogens is 234 g/mol. The Morgan fingerprint density at radius 3 is 1.44 bits per heavy atom. The number of hydrogen-bond acceptors (Lipinski definition) is 3. The van der Waals surface area contributed by atoms with Gasteiger partial charge in [0.1, 0.15) is 0 Å². The minimum Gasteiger partial charge on any atom is -0.328 e. The van der Waals surface area contributed by atoms with Gasteiger partial charge in [0, 0.05) is 11.1 Å². The summed E-state index contributed by atoms with van der Waals surface area (Å²) in [6.07, 6.45) is 0. The van der Waals surface area contributed by atoms with Crippen LogP contribution in [0.15, 0.2) is 60.7 Å². The zero-order chi connectivity index (χ0) is 13.4. The van der Waals surface area contributed by atoms with Crippen molar-refractivity contribution in [3.05, 3.63) is 81.9 Å². The van der Waals surface area contributed by atoms with Crippen LogP contribution in [0.1, 0.15) is 15.9 Å². The van der Waals surface area contributed by atoms with E-state index >= 15 is 0 Å². The highest BCUT2D eigenvalue weighted by atomic mass is 16.9. The van der Waals surface area contributed by atoms with Gasteiger partial charge in [-0.05, 0) is 0 Å². The molecule has 0 saturated carbocycles. The topological polar surface area (TPSA) is 80.4 Å². The number of hydrogen-bond donors (Lipinski definition) is 1. The van der Waals surface area contributed by atoms with Crippen molar-refractivity contribution < 1.29 is 15.1 Å². The van der Waals surface area contributed by atoms with Crippen LogP contribution in [0.4, 0.5) is 0 Å². The highest BCUT2D eigenvalue weighted by molar-refractivity contribution is 6.08. The molecule has 2 aromatic rings. The van der Waals surface area contributed by atoms with Gasteiger partial charge in [-0.25, -0.2) is 0 Å². The first-order valence-electron chi connectivity index (χ1n) is 5.09. The molecule has 0 atom stereocenters. The molecule has 5 heteroatoms. The van der Waals surface area contributed by atoms with Crippen molar-refractivity contribution in [1.29, 1.82) is 0 Å². The first-order valence-corrected chi connectivity index (χ1v) is 5.09. The fourth-order valence-corrected chi connectivity index (χ4v) is 1.35. The lowest BCUT2D eigenvalue weighted by molar-refractivity contribution is -0.742. The number of nitrogens with zero attached hydrogens (tertiary/aromatic N) is 1.